The predicted octanol–water partition coefficient (Wildman–Crippen LogP) is 3.97. The molecule has 0 aliphatic carbocycles. The Hall–Kier alpha value is -3.38. The summed E-state index contributed by atoms with van der Waals surface area (Å²) in [4.78, 5) is 14.9. The summed E-state index contributed by atoms with van der Waals surface area (Å²) in [5.41, 5.74) is 1.99. The molecule has 0 aromatic heterocycles. The Labute approximate surface area is 197 Å². The molecule has 0 unspecified atom stereocenters. The average Bonchev–Trinajstić information content (AvgIpc) is 2.85. The van der Waals surface area contributed by atoms with Crippen LogP contribution in [0, 0.1) is 11.3 Å². The first-order valence-corrected chi connectivity index (χ1v) is 12.1. The number of rotatable bonds is 5. The normalized spacial score (nSPS) is 14.5. The van der Waals surface area contributed by atoms with Gasteiger partial charge in [-0.1, -0.05) is 35.9 Å². The van der Waals surface area contributed by atoms with Gasteiger partial charge in [0.15, 0.2) is 0 Å². The van der Waals surface area contributed by atoms with Gasteiger partial charge in [0.2, 0.25) is 10.0 Å². The van der Waals surface area contributed by atoms with E-state index in [1.54, 1.807) is 18.2 Å². The molecule has 4 rings (SSSR count). The minimum absolute atomic E-state index is 0.0705. The van der Waals surface area contributed by atoms with Gasteiger partial charge in [-0.2, -0.15) is 9.57 Å². The van der Waals surface area contributed by atoms with Gasteiger partial charge in [0.05, 0.1) is 15.5 Å². The van der Waals surface area contributed by atoms with Gasteiger partial charge in [-0.25, -0.2) is 8.42 Å². The van der Waals surface area contributed by atoms with E-state index in [1.165, 1.54) is 28.6 Å². The molecule has 3 aromatic carbocycles. The minimum atomic E-state index is -3.74. The standard InChI is InChI=1S/C24H21ClN4O3S/c25-23-16-20(10-9-19(23)17-26)27-24(30)18-5-4-8-22(15-18)33(31,32)29-13-11-28(12-14-29)21-6-2-1-3-7-21/h1-10,15-16H,11-14H2,(H,27,30). The van der Waals surface area contributed by atoms with Crippen molar-refractivity contribution in [2.24, 2.45) is 0 Å². The molecule has 0 radical (unpaired) electrons. The molecule has 1 aliphatic heterocycles. The highest BCUT2D eigenvalue weighted by Crippen LogP contribution is 2.23. The van der Waals surface area contributed by atoms with Crippen molar-refractivity contribution < 1.29 is 13.2 Å². The molecule has 1 amide bonds. The van der Waals surface area contributed by atoms with Gasteiger partial charge in [-0.15, -0.1) is 0 Å². The summed E-state index contributed by atoms with van der Waals surface area (Å²) >= 11 is 6.02. The van der Waals surface area contributed by atoms with Crippen molar-refractivity contribution in [2.45, 2.75) is 4.90 Å². The van der Waals surface area contributed by atoms with E-state index in [4.69, 9.17) is 16.9 Å². The molecule has 7 nitrogen and oxygen atoms in total. The molecule has 9 heteroatoms. The second kappa shape index (κ2) is 9.63. The van der Waals surface area contributed by atoms with E-state index in [-0.39, 0.29) is 15.5 Å². The number of para-hydroxylation sites is 1. The quantitative estimate of drug-likeness (QED) is 0.596. The number of amides is 1. The van der Waals surface area contributed by atoms with Crippen LogP contribution in [0.15, 0.2) is 77.7 Å². The molecule has 0 spiro atoms. The fourth-order valence-corrected chi connectivity index (χ4v) is 5.35. The number of sulfonamides is 1. The lowest BCUT2D eigenvalue weighted by Gasteiger charge is -2.35. The van der Waals surface area contributed by atoms with Gasteiger partial charge in [0.25, 0.3) is 5.91 Å². The summed E-state index contributed by atoms with van der Waals surface area (Å²) in [6, 6.07) is 22.4. The van der Waals surface area contributed by atoms with E-state index in [9.17, 15) is 13.2 Å². The van der Waals surface area contributed by atoms with Crippen molar-refractivity contribution >= 4 is 38.9 Å². The third kappa shape index (κ3) is 5.01. The van der Waals surface area contributed by atoms with Gasteiger partial charge in [0, 0.05) is 43.1 Å². The van der Waals surface area contributed by atoms with Crippen LogP contribution in [0.5, 0.6) is 0 Å². The molecule has 168 valence electrons. The van der Waals surface area contributed by atoms with E-state index in [1.807, 2.05) is 36.4 Å². The molecule has 1 fully saturated rings. The fourth-order valence-electron chi connectivity index (χ4n) is 3.66. The van der Waals surface area contributed by atoms with Crippen molar-refractivity contribution in [1.29, 1.82) is 5.26 Å². The van der Waals surface area contributed by atoms with Crippen LogP contribution < -0.4 is 10.2 Å². The number of nitrogens with one attached hydrogen (secondary N) is 1. The lowest BCUT2D eigenvalue weighted by molar-refractivity contribution is 0.102. The summed E-state index contributed by atoms with van der Waals surface area (Å²) in [7, 11) is -3.74. The number of carbonyl (C=O) groups is 1. The van der Waals surface area contributed by atoms with Gasteiger partial charge < -0.3 is 10.2 Å². The summed E-state index contributed by atoms with van der Waals surface area (Å²) in [6.45, 7) is 1.89. The first-order chi connectivity index (χ1) is 15.9. The van der Waals surface area contributed by atoms with E-state index < -0.39 is 15.9 Å². The minimum Gasteiger partial charge on any atom is -0.369 e. The third-order valence-electron chi connectivity index (χ3n) is 5.44. The molecule has 1 heterocycles. The van der Waals surface area contributed by atoms with Crippen LogP contribution in [0.2, 0.25) is 5.02 Å². The molecular formula is C24H21ClN4O3S. The maximum atomic E-state index is 13.2. The third-order valence-corrected chi connectivity index (χ3v) is 7.65. The zero-order valence-corrected chi connectivity index (χ0v) is 19.2. The fraction of sp³-hybridized carbons (Fsp3) is 0.167. The van der Waals surface area contributed by atoms with Crippen molar-refractivity contribution in [2.75, 3.05) is 36.4 Å². The molecule has 0 atom stereocenters. The van der Waals surface area contributed by atoms with Crippen molar-refractivity contribution in [1.82, 2.24) is 4.31 Å². The monoisotopic (exact) mass is 480 g/mol. The molecule has 1 saturated heterocycles. The summed E-state index contributed by atoms with van der Waals surface area (Å²) < 4.78 is 27.9. The summed E-state index contributed by atoms with van der Waals surface area (Å²) in [6.07, 6.45) is 0. The lowest BCUT2D eigenvalue weighted by Crippen LogP contribution is -2.48. The number of nitrogens with zero attached hydrogens (tertiary/aromatic N) is 3. The topological polar surface area (TPSA) is 93.5 Å². The second-order valence-corrected chi connectivity index (χ2v) is 9.86. The van der Waals surface area contributed by atoms with Crippen LogP contribution in [-0.4, -0.2) is 44.8 Å². The number of nitriles is 1. The average molecular weight is 481 g/mol. The summed E-state index contributed by atoms with van der Waals surface area (Å²) in [5.74, 6) is -0.471. The van der Waals surface area contributed by atoms with Gasteiger partial charge in [-0.05, 0) is 48.5 Å². The van der Waals surface area contributed by atoms with E-state index >= 15 is 0 Å². The Morgan fingerprint density at radius 1 is 0.939 bits per heavy atom. The van der Waals surface area contributed by atoms with Crippen LogP contribution in [0.25, 0.3) is 0 Å². The highest BCUT2D eigenvalue weighted by molar-refractivity contribution is 7.89. The van der Waals surface area contributed by atoms with Crippen LogP contribution in [0.4, 0.5) is 11.4 Å². The Morgan fingerprint density at radius 2 is 1.67 bits per heavy atom. The Morgan fingerprint density at radius 3 is 2.33 bits per heavy atom. The molecule has 33 heavy (non-hydrogen) atoms. The van der Waals surface area contributed by atoms with Crippen LogP contribution in [-0.2, 0) is 10.0 Å². The summed E-state index contributed by atoms with van der Waals surface area (Å²) in [5, 5.41) is 11.9. The second-order valence-electron chi connectivity index (χ2n) is 7.52. The van der Waals surface area contributed by atoms with Crippen molar-refractivity contribution in [3.8, 4) is 6.07 Å². The largest absolute Gasteiger partial charge is 0.369 e. The lowest BCUT2D eigenvalue weighted by atomic mass is 10.2. The molecule has 1 aliphatic rings. The SMILES string of the molecule is N#Cc1ccc(NC(=O)c2cccc(S(=O)(=O)N3CCN(c4ccccc4)CC3)c2)cc1Cl. The molecular weight excluding hydrogens is 460 g/mol. The van der Waals surface area contributed by atoms with Gasteiger partial charge in [0.1, 0.15) is 6.07 Å². The number of halogens is 1. The zero-order chi connectivity index (χ0) is 23.4. The molecule has 3 aromatic rings. The zero-order valence-electron chi connectivity index (χ0n) is 17.6. The van der Waals surface area contributed by atoms with Gasteiger partial charge in [-0.3, -0.25) is 4.79 Å². The number of carbonyl (C=O) groups excluding carboxylic acids is 1. The number of hydrogen-bond donors (Lipinski definition) is 1. The first kappa shape index (κ1) is 22.8. The highest BCUT2D eigenvalue weighted by Gasteiger charge is 2.29. The number of piperazine rings is 1. The Balaban J connectivity index is 1.47. The number of benzene rings is 3. The highest BCUT2D eigenvalue weighted by atomic mass is 35.5. The first-order valence-electron chi connectivity index (χ1n) is 10.3. The predicted molar refractivity (Wildman–Crippen MR) is 128 cm³/mol. The smallest absolute Gasteiger partial charge is 0.255 e. The van der Waals surface area contributed by atoms with E-state index in [2.05, 4.69) is 10.2 Å². The van der Waals surface area contributed by atoms with Crippen molar-refractivity contribution in [3.63, 3.8) is 0 Å². The van der Waals surface area contributed by atoms with Crippen LogP contribution in [0.1, 0.15) is 15.9 Å². The van der Waals surface area contributed by atoms with Crippen molar-refractivity contribution in [3.05, 3.63) is 88.9 Å². The maximum absolute atomic E-state index is 13.2. The Kier molecular flexibility index (Phi) is 6.65. The number of hydrogen-bond acceptors (Lipinski definition) is 5. The maximum Gasteiger partial charge on any atom is 0.255 e. The number of anilines is 2. The van der Waals surface area contributed by atoms with E-state index in [0.717, 1.165) is 5.69 Å². The molecule has 0 saturated carbocycles. The van der Waals surface area contributed by atoms with Gasteiger partial charge >= 0.3 is 0 Å². The molecule has 0 bridgehead atoms. The molecule has 1 N–H and O–H groups in total. The Bertz CT molecular complexity index is 1320. The van der Waals surface area contributed by atoms with E-state index in [0.29, 0.717) is 37.4 Å². The van der Waals surface area contributed by atoms with Crippen LogP contribution >= 0.6 is 11.6 Å². The van der Waals surface area contributed by atoms with Crippen LogP contribution in [0.3, 0.4) is 0 Å².